The SMILES string of the molecule is CCCCc1nc(OC)c(CNC(=O)C(S)CC(C)C)n1Cc1ccc(-c2ccccc2C(=O)O)cc1F. The van der Waals surface area contributed by atoms with E-state index < -0.39 is 17.0 Å². The molecular formula is C29H36FN3O4S. The lowest BCUT2D eigenvalue weighted by Gasteiger charge is -2.16. The highest BCUT2D eigenvalue weighted by Crippen LogP contribution is 2.28. The van der Waals surface area contributed by atoms with Gasteiger partial charge >= 0.3 is 5.97 Å². The van der Waals surface area contributed by atoms with Crippen LogP contribution in [0.1, 0.15) is 67.5 Å². The number of carboxylic acids is 1. The Bertz CT molecular complexity index is 1270. The summed E-state index contributed by atoms with van der Waals surface area (Å²) in [6, 6.07) is 11.3. The van der Waals surface area contributed by atoms with Crippen LogP contribution in [0.15, 0.2) is 42.5 Å². The van der Waals surface area contributed by atoms with Gasteiger partial charge in [-0.3, -0.25) is 4.79 Å². The number of ether oxygens (including phenoxy) is 1. The first-order chi connectivity index (χ1) is 18.2. The number of hydrogen-bond acceptors (Lipinski definition) is 5. The molecule has 3 aromatic rings. The lowest BCUT2D eigenvalue weighted by molar-refractivity contribution is -0.121. The molecule has 1 atom stereocenters. The van der Waals surface area contributed by atoms with Crippen LogP contribution >= 0.6 is 12.6 Å². The maximum absolute atomic E-state index is 15.4. The molecule has 2 N–H and O–H groups in total. The van der Waals surface area contributed by atoms with Gasteiger partial charge in [0.1, 0.15) is 17.3 Å². The average Bonchev–Trinajstić information content (AvgIpc) is 3.22. The van der Waals surface area contributed by atoms with Crippen molar-refractivity contribution in [2.45, 2.75) is 64.8 Å². The fourth-order valence-corrected chi connectivity index (χ4v) is 4.85. The molecule has 0 fully saturated rings. The van der Waals surface area contributed by atoms with Gasteiger partial charge in [0, 0.05) is 12.0 Å². The number of hydrogen-bond donors (Lipinski definition) is 3. The monoisotopic (exact) mass is 541 g/mol. The van der Waals surface area contributed by atoms with Gasteiger partial charge in [0.15, 0.2) is 0 Å². The number of aryl methyl sites for hydroxylation is 1. The minimum Gasteiger partial charge on any atom is -0.480 e. The van der Waals surface area contributed by atoms with Crippen molar-refractivity contribution in [2.24, 2.45) is 5.92 Å². The number of amides is 1. The first-order valence-electron chi connectivity index (χ1n) is 12.8. The molecule has 1 unspecified atom stereocenters. The molecule has 0 saturated carbocycles. The molecule has 204 valence electrons. The van der Waals surface area contributed by atoms with Gasteiger partial charge in [-0.15, -0.1) is 0 Å². The third-order valence-electron chi connectivity index (χ3n) is 6.34. The van der Waals surface area contributed by atoms with E-state index in [-0.39, 0.29) is 24.6 Å². The second-order valence-electron chi connectivity index (χ2n) is 9.69. The van der Waals surface area contributed by atoms with Crippen molar-refractivity contribution in [3.8, 4) is 17.0 Å². The van der Waals surface area contributed by atoms with Crippen LogP contribution in [-0.4, -0.2) is 38.9 Å². The number of unbranched alkanes of at least 4 members (excludes halogenated alkanes) is 1. The largest absolute Gasteiger partial charge is 0.480 e. The minimum atomic E-state index is -1.07. The number of carboxylic acid groups (broad SMARTS) is 1. The summed E-state index contributed by atoms with van der Waals surface area (Å²) in [6.45, 7) is 6.51. The fourth-order valence-electron chi connectivity index (χ4n) is 4.34. The molecule has 0 bridgehead atoms. The van der Waals surface area contributed by atoms with Crippen molar-refractivity contribution in [1.29, 1.82) is 0 Å². The molecule has 3 rings (SSSR count). The highest BCUT2D eigenvalue weighted by atomic mass is 32.1. The Labute approximate surface area is 228 Å². The Balaban J connectivity index is 1.94. The number of nitrogens with zero attached hydrogens (tertiary/aromatic N) is 2. The number of benzene rings is 2. The molecule has 0 saturated heterocycles. The van der Waals surface area contributed by atoms with Gasteiger partial charge < -0.3 is 19.7 Å². The Hall–Kier alpha value is -3.33. The van der Waals surface area contributed by atoms with Crippen LogP contribution < -0.4 is 10.1 Å². The molecule has 0 aliphatic carbocycles. The zero-order valence-corrected chi connectivity index (χ0v) is 23.2. The number of methoxy groups -OCH3 is 1. The number of thiol groups is 1. The van der Waals surface area contributed by atoms with Crippen molar-refractivity contribution in [1.82, 2.24) is 14.9 Å². The number of aromatic nitrogens is 2. The number of carbonyl (C=O) groups excluding carboxylic acids is 1. The second-order valence-corrected chi connectivity index (χ2v) is 10.3. The van der Waals surface area contributed by atoms with Crippen LogP contribution in [0.3, 0.4) is 0 Å². The van der Waals surface area contributed by atoms with Crippen LogP contribution in [-0.2, 0) is 24.3 Å². The average molecular weight is 542 g/mol. The second kappa shape index (κ2) is 13.5. The smallest absolute Gasteiger partial charge is 0.336 e. The molecular weight excluding hydrogens is 505 g/mol. The van der Waals surface area contributed by atoms with Gasteiger partial charge in [0.2, 0.25) is 11.8 Å². The van der Waals surface area contributed by atoms with Crippen LogP contribution in [0.4, 0.5) is 4.39 Å². The van der Waals surface area contributed by atoms with Gasteiger partial charge in [-0.2, -0.15) is 17.6 Å². The summed E-state index contributed by atoms with van der Waals surface area (Å²) >= 11 is 4.44. The van der Waals surface area contributed by atoms with Crippen molar-refractivity contribution in [3.63, 3.8) is 0 Å². The maximum Gasteiger partial charge on any atom is 0.336 e. The third kappa shape index (κ3) is 7.16. The van der Waals surface area contributed by atoms with Crippen molar-refractivity contribution >= 4 is 24.5 Å². The van der Waals surface area contributed by atoms with Gasteiger partial charge in [0.25, 0.3) is 0 Å². The number of carbonyl (C=O) groups is 2. The normalized spacial score (nSPS) is 12.0. The Morgan fingerprint density at radius 1 is 1.21 bits per heavy atom. The van der Waals surface area contributed by atoms with Crippen molar-refractivity contribution in [3.05, 3.63) is 70.9 Å². The number of halogens is 1. The van der Waals surface area contributed by atoms with Crippen LogP contribution in [0, 0.1) is 11.7 Å². The number of imidazole rings is 1. The van der Waals surface area contributed by atoms with E-state index in [1.54, 1.807) is 30.3 Å². The van der Waals surface area contributed by atoms with Crippen LogP contribution in [0.25, 0.3) is 11.1 Å². The van der Waals surface area contributed by atoms with E-state index in [0.717, 1.165) is 18.7 Å². The lowest BCUT2D eigenvalue weighted by atomic mass is 9.98. The fraction of sp³-hybridized carbons (Fsp3) is 0.414. The Kier molecular flexibility index (Phi) is 10.4. The van der Waals surface area contributed by atoms with E-state index in [0.29, 0.717) is 47.0 Å². The molecule has 9 heteroatoms. The molecule has 1 aromatic heterocycles. The summed E-state index contributed by atoms with van der Waals surface area (Å²) < 4.78 is 22.8. The molecule has 1 amide bonds. The number of nitrogens with one attached hydrogen (secondary N) is 1. The van der Waals surface area contributed by atoms with Gasteiger partial charge in [0.05, 0.1) is 31.0 Å². The lowest BCUT2D eigenvalue weighted by Crippen LogP contribution is -2.32. The maximum atomic E-state index is 15.4. The van der Waals surface area contributed by atoms with Gasteiger partial charge in [-0.25, -0.2) is 9.18 Å². The van der Waals surface area contributed by atoms with Crippen molar-refractivity contribution < 1.29 is 23.8 Å². The molecule has 0 aliphatic heterocycles. The number of rotatable bonds is 13. The van der Waals surface area contributed by atoms with Gasteiger partial charge in [-0.05, 0) is 42.0 Å². The van der Waals surface area contributed by atoms with Crippen molar-refractivity contribution in [2.75, 3.05) is 7.11 Å². The third-order valence-corrected chi connectivity index (χ3v) is 6.78. The first-order valence-corrected chi connectivity index (χ1v) is 13.4. The summed E-state index contributed by atoms with van der Waals surface area (Å²) in [5, 5.41) is 12.0. The molecule has 0 radical (unpaired) electrons. The zero-order valence-electron chi connectivity index (χ0n) is 22.3. The van der Waals surface area contributed by atoms with E-state index in [2.05, 4.69) is 29.9 Å². The predicted molar refractivity (Wildman–Crippen MR) is 149 cm³/mol. The van der Waals surface area contributed by atoms with Gasteiger partial charge in [-0.1, -0.05) is 57.5 Å². The molecule has 38 heavy (non-hydrogen) atoms. The van der Waals surface area contributed by atoms with Crippen LogP contribution in [0.2, 0.25) is 0 Å². The highest BCUT2D eigenvalue weighted by Gasteiger charge is 2.22. The quantitative estimate of drug-likeness (QED) is 0.240. The molecule has 7 nitrogen and oxygen atoms in total. The molecule has 2 aromatic carbocycles. The highest BCUT2D eigenvalue weighted by molar-refractivity contribution is 7.81. The van der Waals surface area contributed by atoms with E-state index in [1.165, 1.54) is 19.2 Å². The van der Waals surface area contributed by atoms with E-state index >= 15 is 4.39 Å². The van der Waals surface area contributed by atoms with Crippen LogP contribution in [0.5, 0.6) is 5.88 Å². The Morgan fingerprint density at radius 3 is 2.58 bits per heavy atom. The summed E-state index contributed by atoms with van der Waals surface area (Å²) in [4.78, 5) is 28.9. The molecule has 0 aliphatic rings. The first kappa shape index (κ1) is 29.2. The Morgan fingerprint density at radius 2 is 1.95 bits per heavy atom. The summed E-state index contributed by atoms with van der Waals surface area (Å²) in [5.74, 6) is -0.239. The molecule has 1 heterocycles. The number of aromatic carboxylic acids is 1. The standard InChI is InChI=1S/C29H36FN3O4S/c1-5-6-11-26-32-28(37-4)24(16-31-27(34)25(38)14-18(2)3)33(26)17-20-13-12-19(15-23(20)30)21-9-7-8-10-22(21)29(35)36/h7-10,12-13,15,18,25,38H,5-6,11,14,16-17H2,1-4H3,(H,31,34)(H,35,36). The van der Waals surface area contributed by atoms with E-state index in [1.807, 2.05) is 18.4 Å². The van der Waals surface area contributed by atoms with E-state index in [4.69, 9.17) is 4.74 Å². The predicted octanol–water partition coefficient (Wildman–Crippen LogP) is 5.75. The zero-order chi connectivity index (χ0) is 27.8. The topological polar surface area (TPSA) is 93.5 Å². The summed E-state index contributed by atoms with van der Waals surface area (Å²) in [6.07, 6.45) is 3.18. The minimum absolute atomic E-state index is 0.110. The summed E-state index contributed by atoms with van der Waals surface area (Å²) in [5.41, 5.74) is 2.11. The molecule has 0 spiro atoms. The van der Waals surface area contributed by atoms with E-state index in [9.17, 15) is 14.7 Å². The summed E-state index contributed by atoms with van der Waals surface area (Å²) in [7, 11) is 1.52.